The van der Waals surface area contributed by atoms with Crippen molar-refractivity contribution in [2.45, 2.75) is 26.7 Å². The number of nitrogens with two attached hydrogens (primary N) is 1. The molecule has 2 rings (SSSR count). The molecule has 1 aliphatic rings. The van der Waals surface area contributed by atoms with Gasteiger partial charge in [-0.3, -0.25) is 10.2 Å². The van der Waals surface area contributed by atoms with Gasteiger partial charge in [-0.2, -0.15) is 0 Å². The number of Topliss-reactive ketones (excluding diaryl/α,β-unsaturated/α-hetero) is 1. The van der Waals surface area contributed by atoms with Crippen LogP contribution in [-0.4, -0.2) is 10.8 Å². The Labute approximate surface area is 86.5 Å². The molecule has 0 saturated carbocycles. The van der Waals surface area contributed by atoms with E-state index in [9.17, 15) is 4.79 Å². The van der Waals surface area contributed by atoms with Gasteiger partial charge in [0.25, 0.3) is 0 Å². The molecule has 0 bridgehead atoms. The van der Waals surface area contributed by atoms with Crippen LogP contribution in [0.15, 0.2) is 0 Å². The van der Waals surface area contributed by atoms with Crippen LogP contribution in [0.4, 0.5) is 5.13 Å². The van der Waals surface area contributed by atoms with E-state index in [0.717, 1.165) is 17.0 Å². The van der Waals surface area contributed by atoms with Crippen molar-refractivity contribution in [3.8, 4) is 0 Å². The third kappa shape index (κ3) is 1.53. The maximum absolute atomic E-state index is 11.7. The Hall–Kier alpha value is -0.940. The van der Waals surface area contributed by atoms with Crippen LogP contribution in [0.1, 0.15) is 35.6 Å². The van der Waals surface area contributed by atoms with Crippen molar-refractivity contribution in [1.29, 1.82) is 0 Å². The van der Waals surface area contributed by atoms with Crippen molar-refractivity contribution in [2.24, 2.45) is 11.3 Å². The Kier molecular flexibility index (Phi) is 2.08. The Bertz CT molecular complexity index is 383. The van der Waals surface area contributed by atoms with E-state index in [1.807, 2.05) is 0 Å². The average molecular weight is 211 g/mol. The number of carbonyl (C=O) groups is 1. The molecular formula is C9H13N3OS. The second kappa shape index (κ2) is 3.03. The van der Waals surface area contributed by atoms with Crippen LogP contribution in [0.25, 0.3) is 0 Å². The highest BCUT2D eigenvalue weighted by Crippen LogP contribution is 2.37. The molecule has 0 atom stereocenters. The summed E-state index contributed by atoms with van der Waals surface area (Å²) in [5, 5.41) is 0.626. The summed E-state index contributed by atoms with van der Waals surface area (Å²) in [4.78, 5) is 16.8. The van der Waals surface area contributed by atoms with Crippen LogP contribution in [0.2, 0.25) is 0 Å². The Morgan fingerprint density at radius 2 is 2.21 bits per heavy atom. The first-order valence-electron chi connectivity index (χ1n) is 4.51. The van der Waals surface area contributed by atoms with Gasteiger partial charge in [-0.05, 0) is 11.8 Å². The molecular weight excluding hydrogens is 198 g/mol. The number of ketones is 1. The molecule has 0 aromatic carbocycles. The lowest BCUT2D eigenvalue weighted by Crippen LogP contribution is -2.26. The number of nitrogen functional groups attached to an aromatic ring is 1. The molecule has 0 spiro atoms. The van der Waals surface area contributed by atoms with E-state index in [-0.39, 0.29) is 11.2 Å². The van der Waals surface area contributed by atoms with E-state index in [2.05, 4.69) is 24.3 Å². The molecule has 0 unspecified atom stereocenters. The van der Waals surface area contributed by atoms with Crippen LogP contribution in [0.3, 0.4) is 0 Å². The van der Waals surface area contributed by atoms with E-state index in [1.165, 1.54) is 11.3 Å². The van der Waals surface area contributed by atoms with Gasteiger partial charge in [-0.15, -0.1) is 0 Å². The van der Waals surface area contributed by atoms with Crippen molar-refractivity contribution in [3.05, 3.63) is 10.6 Å². The van der Waals surface area contributed by atoms with Crippen molar-refractivity contribution >= 4 is 22.3 Å². The summed E-state index contributed by atoms with van der Waals surface area (Å²) in [6.45, 7) is 4.17. The van der Waals surface area contributed by atoms with E-state index in [1.54, 1.807) is 0 Å². The Morgan fingerprint density at radius 1 is 1.50 bits per heavy atom. The highest BCUT2D eigenvalue weighted by atomic mass is 32.1. The summed E-state index contributed by atoms with van der Waals surface area (Å²) in [6, 6.07) is 0. The monoisotopic (exact) mass is 211 g/mol. The maximum atomic E-state index is 11.7. The van der Waals surface area contributed by atoms with Crippen LogP contribution in [-0.2, 0) is 6.42 Å². The van der Waals surface area contributed by atoms with Gasteiger partial charge in [0.05, 0.1) is 10.6 Å². The molecule has 1 aliphatic carbocycles. The van der Waals surface area contributed by atoms with Crippen molar-refractivity contribution in [1.82, 2.24) is 4.98 Å². The summed E-state index contributed by atoms with van der Waals surface area (Å²) in [5.41, 5.74) is 3.41. The number of nitrogens with zero attached hydrogens (tertiary/aromatic N) is 1. The number of fused-ring (bicyclic) bond motifs is 1. The highest BCUT2D eigenvalue weighted by molar-refractivity contribution is 7.17. The van der Waals surface area contributed by atoms with Gasteiger partial charge in [0.2, 0.25) is 0 Å². The molecule has 0 saturated heterocycles. The third-order valence-electron chi connectivity index (χ3n) is 2.36. The topological polar surface area (TPSA) is 68.0 Å². The molecule has 4 nitrogen and oxygen atoms in total. The molecule has 5 heteroatoms. The van der Waals surface area contributed by atoms with Gasteiger partial charge < -0.3 is 0 Å². The van der Waals surface area contributed by atoms with Gasteiger partial charge >= 0.3 is 0 Å². The smallest absolute Gasteiger partial charge is 0.197 e. The van der Waals surface area contributed by atoms with E-state index in [4.69, 9.17) is 5.84 Å². The second-order valence-electron chi connectivity index (χ2n) is 4.38. The second-order valence-corrected chi connectivity index (χ2v) is 5.38. The van der Waals surface area contributed by atoms with Crippen LogP contribution in [0.5, 0.6) is 0 Å². The molecule has 1 aromatic heterocycles. The summed E-state index contributed by atoms with van der Waals surface area (Å²) in [6.07, 6.45) is 1.46. The minimum atomic E-state index is 0.0318. The van der Waals surface area contributed by atoms with E-state index in [0.29, 0.717) is 11.6 Å². The molecule has 0 fully saturated rings. The predicted octanol–water partition coefficient (Wildman–Crippen LogP) is 1.58. The molecule has 1 aromatic rings. The first-order chi connectivity index (χ1) is 6.52. The van der Waals surface area contributed by atoms with Gasteiger partial charge in [-0.1, -0.05) is 25.2 Å². The summed E-state index contributed by atoms with van der Waals surface area (Å²) < 4.78 is 0. The average Bonchev–Trinajstić information content (AvgIpc) is 2.45. The highest BCUT2D eigenvalue weighted by Gasteiger charge is 2.33. The molecule has 0 radical (unpaired) electrons. The minimum absolute atomic E-state index is 0.0318. The number of hydrogen-bond acceptors (Lipinski definition) is 5. The van der Waals surface area contributed by atoms with Crippen LogP contribution < -0.4 is 11.3 Å². The summed E-state index contributed by atoms with van der Waals surface area (Å²) in [5.74, 6) is 5.45. The van der Waals surface area contributed by atoms with E-state index >= 15 is 0 Å². The van der Waals surface area contributed by atoms with Gasteiger partial charge in [-0.25, -0.2) is 10.8 Å². The fraction of sp³-hybridized carbons (Fsp3) is 0.556. The number of hydrazine groups is 1. The number of rotatable bonds is 1. The molecule has 14 heavy (non-hydrogen) atoms. The lowest BCUT2D eigenvalue weighted by molar-refractivity contribution is 0.0916. The summed E-state index contributed by atoms with van der Waals surface area (Å²) >= 11 is 1.35. The zero-order valence-corrected chi connectivity index (χ0v) is 9.07. The number of hydrogen-bond donors (Lipinski definition) is 2. The van der Waals surface area contributed by atoms with Crippen molar-refractivity contribution < 1.29 is 4.79 Å². The van der Waals surface area contributed by atoms with Crippen LogP contribution in [0, 0.1) is 5.41 Å². The lowest BCUT2D eigenvalue weighted by Gasteiger charge is -2.26. The maximum Gasteiger partial charge on any atom is 0.197 e. The third-order valence-corrected chi connectivity index (χ3v) is 3.43. The lowest BCUT2D eigenvalue weighted by atomic mass is 9.78. The zero-order valence-electron chi connectivity index (χ0n) is 8.26. The van der Waals surface area contributed by atoms with Gasteiger partial charge in [0, 0.05) is 6.42 Å². The SMILES string of the molecule is CC1(C)CC(=O)c2sc(NN)nc2C1. The van der Waals surface area contributed by atoms with Crippen molar-refractivity contribution in [3.63, 3.8) is 0 Å². The minimum Gasteiger partial charge on any atom is -0.300 e. The number of carbonyl (C=O) groups excluding carboxylic acids is 1. The number of nitrogens with one attached hydrogen (secondary N) is 1. The van der Waals surface area contributed by atoms with Gasteiger partial charge in [0.15, 0.2) is 10.9 Å². The predicted molar refractivity (Wildman–Crippen MR) is 56.4 cm³/mol. The first-order valence-corrected chi connectivity index (χ1v) is 5.33. The molecule has 1 heterocycles. The van der Waals surface area contributed by atoms with E-state index < -0.39 is 0 Å². The van der Waals surface area contributed by atoms with Crippen molar-refractivity contribution in [2.75, 3.05) is 5.43 Å². The largest absolute Gasteiger partial charge is 0.300 e. The number of thiazole rings is 1. The van der Waals surface area contributed by atoms with Gasteiger partial charge in [0.1, 0.15) is 0 Å². The molecule has 0 aliphatic heterocycles. The molecule has 0 amide bonds. The fourth-order valence-corrected chi connectivity index (χ4v) is 2.61. The number of anilines is 1. The Balaban J connectivity index is 2.43. The normalized spacial score (nSPS) is 19.2. The standard InChI is InChI=1S/C9H13N3OS/c1-9(2)3-5-7(6(13)4-9)14-8(11-5)12-10/h3-4,10H2,1-2H3,(H,11,12). The first kappa shape index (κ1) is 9.61. The van der Waals surface area contributed by atoms with Crippen LogP contribution >= 0.6 is 11.3 Å². The molecule has 3 N–H and O–H groups in total. The molecule has 76 valence electrons. The zero-order chi connectivity index (χ0) is 10.3. The summed E-state index contributed by atoms with van der Waals surface area (Å²) in [7, 11) is 0. The number of aromatic nitrogens is 1. The fourth-order valence-electron chi connectivity index (χ4n) is 1.78. The Morgan fingerprint density at radius 3 is 2.86 bits per heavy atom. The quantitative estimate of drug-likeness (QED) is 0.546.